The van der Waals surface area contributed by atoms with E-state index in [1.54, 1.807) is 16.7 Å². The molecule has 0 spiro atoms. The van der Waals surface area contributed by atoms with Gasteiger partial charge in [0.05, 0.1) is 10.6 Å². The van der Waals surface area contributed by atoms with Gasteiger partial charge in [-0.2, -0.15) is 4.31 Å². The van der Waals surface area contributed by atoms with E-state index in [2.05, 4.69) is 14.9 Å². The fraction of sp³-hybridized carbons (Fsp3) is 0.273. The number of hydrogen-bond donors (Lipinski definition) is 0. The average molecular weight is 409 g/mol. The Bertz CT molecular complexity index is 1110. The average Bonchev–Trinajstić information content (AvgIpc) is 2.76. The van der Waals surface area contributed by atoms with Crippen molar-refractivity contribution in [1.82, 2.24) is 14.3 Å². The molecule has 0 unspecified atom stereocenters. The van der Waals surface area contributed by atoms with Gasteiger partial charge in [-0.3, -0.25) is 0 Å². The van der Waals surface area contributed by atoms with Crippen molar-refractivity contribution in [2.45, 2.75) is 18.7 Å². The number of piperazine rings is 1. The number of sulfonamides is 1. The molecule has 1 aromatic heterocycles. The highest BCUT2D eigenvalue weighted by molar-refractivity contribution is 7.89. The van der Waals surface area contributed by atoms with Crippen LogP contribution in [0.5, 0.6) is 0 Å². The summed E-state index contributed by atoms with van der Waals surface area (Å²) in [6.45, 7) is 5.80. The van der Waals surface area contributed by atoms with Gasteiger partial charge in [0.1, 0.15) is 12.1 Å². The maximum atomic E-state index is 13.1. The first-order chi connectivity index (χ1) is 13.9. The van der Waals surface area contributed by atoms with Crippen LogP contribution in [0.25, 0.3) is 11.3 Å². The second-order valence-corrected chi connectivity index (χ2v) is 9.19. The van der Waals surface area contributed by atoms with Crippen LogP contribution in [0, 0.1) is 13.8 Å². The number of benzene rings is 2. The van der Waals surface area contributed by atoms with Crippen LogP contribution in [0.4, 0.5) is 5.82 Å². The molecule has 29 heavy (non-hydrogen) atoms. The van der Waals surface area contributed by atoms with Gasteiger partial charge in [-0.25, -0.2) is 18.4 Å². The molecule has 1 saturated heterocycles. The second-order valence-electron chi connectivity index (χ2n) is 7.29. The summed E-state index contributed by atoms with van der Waals surface area (Å²) >= 11 is 0. The van der Waals surface area contributed by atoms with Crippen molar-refractivity contribution in [3.8, 4) is 11.3 Å². The molecule has 0 aliphatic carbocycles. The van der Waals surface area contributed by atoms with Gasteiger partial charge in [0.15, 0.2) is 0 Å². The first-order valence-electron chi connectivity index (χ1n) is 9.65. The minimum atomic E-state index is -3.50. The van der Waals surface area contributed by atoms with Crippen LogP contribution in [0.2, 0.25) is 0 Å². The zero-order valence-electron chi connectivity index (χ0n) is 16.6. The number of nitrogens with zero attached hydrogens (tertiary/aromatic N) is 4. The lowest BCUT2D eigenvalue weighted by molar-refractivity contribution is 0.383. The molecule has 0 bridgehead atoms. The van der Waals surface area contributed by atoms with Gasteiger partial charge in [0.2, 0.25) is 10.0 Å². The van der Waals surface area contributed by atoms with E-state index in [-0.39, 0.29) is 0 Å². The summed E-state index contributed by atoms with van der Waals surface area (Å²) in [6, 6.07) is 17.5. The Morgan fingerprint density at radius 1 is 0.862 bits per heavy atom. The monoisotopic (exact) mass is 408 g/mol. The molecule has 2 aromatic carbocycles. The molecular formula is C22H24N4O2S. The van der Waals surface area contributed by atoms with Crippen LogP contribution in [0.15, 0.2) is 65.8 Å². The van der Waals surface area contributed by atoms with Crippen molar-refractivity contribution < 1.29 is 8.42 Å². The number of rotatable bonds is 4. The molecule has 1 fully saturated rings. The molecule has 0 radical (unpaired) electrons. The van der Waals surface area contributed by atoms with Crippen LogP contribution >= 0.6 is 0 Å². The lowest BCUT2D eigenvalue weighted by atomic mass is 10.1. The van der Waals surface area contributed by atoms with Crippen molar-refractivity contribution in [3.63, 3.8) is 0 Å². The number of aromatic nitrogens is 2. The lowest BCUT2D eigenvalue weighted by Crippen LogP contribution is -2.49. The highest BCUT2D eigenvalue weighted by Crippen LogP contribution is 2.25. The molecule has 0 N–H and O–H groups in total. The molecule has 0 saturated carbocycles. The topological polar surface area (TPSA) is 66.4 Å². The third-order valence-electron chi connectivity index (χ3n) is 5.25. The van der Waals surface area contributed by atoms with E-state index >= 15 is 0 Å². The predicted octanol–water partition coefficient (Wildman–Crippen LogP) is 3.27. The zero-order chi connectivity index (χ0) is 20.4. The van der Waals surface area contributed by atoms with Crippen molar-refractivity contribution in [3.05, 3.63) is 72.1 Å². The quantitative estimate of drug-likeness (QED) is 0.663. The minimum absolute atomic E-state index is 0.402. The standard InChI is InChI=1S/C22H24N4O2S/c1-17-8-9-18(2)21(14-17)29(27,28)26-12-10-25(11-13-26)22-15-20(23-16-24-22)19-6-4-3-5-7-19/h3-9,14-16H,10-13H2,1-2H3. The summed E-state index contributed by atoms with van der Waals surface area (Å²) in [5, 5.41) is 0. The zero-order valence-corrected chi connectivity index (χ0v) is 17.4. The predicted molar refractivity (Wildman–Crippen MR) is 114 cm³/mol. The number of aryl methyl sites for hydroxylation is 2. The largest absolute Gasteiger partial charge is 0.354 e. The Morgan fingerprint density at radius 3 is 2.31 bits per heavy atom. The van der Waals surface area contributed by atoms with E-state index in [4.69, 9.17) is 0 Å². The van der Waals surface area contributed by atoms with Crippen molar-refractivity contribution in [2.75, 3.05) is 31.1 Å². The maximum Gasteiger partial charge on any atom is 0.243 e. The summed E-state index contributed by atoms with van der Waals surface area (Å²) in [7, 11) is -3.50. The molecule has 150 valence electrons. The summed E-state index contributed by atoms with van der Waals surface area (Å²) in [6.07, 6.45) is 1.57. The molecule has 6 nitrogen and oxygen atoms in total. The third-order valence-corrected chi connectivity index (χ3v) is 7.29. The van der Waals surface area contributed by atoms with Gasteiger partial charge in [0, 0.05) is 37.8 Å². The molecule has 1 aliphatic rings. The summed E-state index contributed by atoms with van der Waals surface area (Å²) < 4.78 is 27.8. The van der Waals surface area contributed by atoms with Gasteiger partial charge in [-0.15, -0.1) is 0 Å². The SMILES string of the molecule is Cc1ccc(C)c(S(=O)(=O)N2CCN(c3cc(-c4ccccc4)ncn3)CC2)c1. The second kappa shape index (κ2) is 7.93. The van der Waals surface area contributed by atoms with E-state index in [0.29, 0.717) is 31.1 Å². The summed E-state index contributed by atoms with van der Waals surface area (Å²) in [5.41, 5.74) is 3.62. The van der Waals surface area contributed by atoms with Crippen molar-refractivity contribution >= 4 is 15.8 Å². The Hall–Kier alpha value is -2.77. The Kier molecular flexibility index (Phi) is 5.34. The van der Waals surface area contributed by atoms with Gasteiger partial charge < -0.3 is 4.90 Å². The van der Waals surface area contributed by atoms with Crippen molar-refractivity contribution in [1.29, 1.82) is 0 Å². The van der Waals surface area contributed by atoms with Crippen LogP contribution in [0.3, 0.4) is 0 Å². The molecule has 4 rings (SSSR count). The minimum Gasteiger partial charge on any atom is -0.354 e. The highest BCUT2D eigenvalue weighted by Gasteiger charge is 2.30. The fourth-order valence-electron chi connectivity index (χ4n) is 3.57. The van der Waals surface area contributed by atoms with Gasteiger partial charge >= 0.3 is 0 Å². The van der Waals surface area contributed by atoms with E-state index in [1.807, 2.05) is 62.4 Å². The highest BCUT2D eigenvalue weighted by atomic mass is 32.2. The molecule has 0 atom stereocenters. The molecule has 1 aliphatic heterocycles. The van der Waals surface area contributed by atoms with Crippen LogP contribution in [-0.2, 0) is 10.0 Å². The van der Waals surface area contributed by atoms with Gasteiger partial charge in [0.25, 0.3) is 0 Å². The molecule has 2 heterocycles. The number of hydrogen-bond acceptors (Lipinski definition) is 5. The Morgan fingerprint density at radius 2 is 1.59 bits per heavy atom. The molecular weight excluding hydrogens is 384 g/mol. The Labute approximate surface area is 171 Å². The van der Waals surface area contributed by atoms with Crippen molar-refractivity contribution in [2.24, 2.45) is 0 Å². The van der Waals surface area contributed by atoms with E-state index in [0.717, 1.165) is 28.2 Å². The maximum absolute atomic E-state index is 13.1. The smallest absolute Gasteiger partial charge is 0.243 e. The van der Waals surface area contributed by atoms with Crippen LogP contribution < -0.4 is 4.90 Å². The van der Waals surface area contributed by atoms with E-state index < -0.39 is 10.0 Å². The lowest BCUT2D eigenvalue weighted by Gasteiger charge is -2.35. The van der Waals surface area contributed by atoms with Crippen LogP contribution in [0.1, 0.15) is 11.1 Å². The van der Waals surface area contributed by atoms with E-state index in [9.17, 15) is 8.42 Å². The first-order valence-corrected chi connectivity index (χ1v) is 11.1. The van der Waals surface area contributed by atoms with Gasteiger partial charge in [-0.1, -0.05) is 42.5 Å². The summed E-state index contributed by atoms with van der Waals surface area (Å²) in [5.74, 6) is 0.822. The Balaban J connectivity index is 1.51. The molecule has 7 heteroatoms. The van der Waals surface area contributed by atoms with Crippen LogP contribution in [-0.4, -0.2) is 48.9 Å². The molecule has 0 amide bonds. The normalized spacial score (nSPS) is 15.4. The fourth-order valence-corrected chi connectivity index (χ4v) is 5.30. The first kappa shape index (κ1) is 19.5. The third kappa shape index (κ3) is 4.02. The molecule has 3 aromatic rings. The summed E-state index contributed by atoms with van der Waals surface area (Å²) in [4.78, 5) is 11.3. The number of anilines is 1. The van der Waals surface area contributed by atoms with E-state index in [1.165, 1.54) is 0 Å². The van der Waals surface area contributed by atoms with Gasteiger partial charge in [-0.05, 0) is 31.0 Å².